The first-order valence-corrected chi connectivity index (χ1v) is 7.59. The Kier molecular flexibility index (Phi) is 8.24. The van der Waals surface area contributed by atoms with Crippen molar-refractivity contribution in [3.8, 4) is 0 Å². The minimum absolute atomic E-state index is 0.702. The summed E-state index contributed by atoms with van der Waals surface area (Å²) in [6.07, 6.45) is 2.00. The van der Waals surface area contributed by atoms with Gasteiger partial charge in [-0.1, -0.05) is 43.7 Å². The van der Waals surface area contributed by atoms with Gasteiger partial charge in [-0.05, 0) is 49.9 Å². The summed E-state index contributed by atoms with van der Waals surface area (Å²) in [6.45, 7) is 14.0. The first kappa shape index (κ1) is 16.9. The van der Waals surface area contributed by atoms with Gasteiger partial charge in [0.15, 0.2) is 0 Å². The van der Waals surface area contributed by atoms with Crippen LogP contribution in [-0.2, 0) is 17.8 Å². The molecule has 0 aliphatic carbocycles. The van der Waals surface area contributed by atoms with Crippen LogP contribution in [0.2, 0.25) is 0 Å². The largest absolute Gasteiger partial charge is 0.376 e. The van der Waals surface area contributed by atoms with Crippen LogP contribution in [0, 0.1) is 5.92 Å². The van der Waals surface area contributed by atoms with Crippen molar-refractivity contribution in [3.05, 3.63) is 47.5 Å². The van der Waals surface area contributed by atoms with E-state index in [-0.39, 0.29) is 0 Å². The van der Waals surface area contributed by atoms with E-state index in [0.29, 0.717) is 12.5 Å². The van der Waals surface area contributed by atoms with Crippen LogP contribution < -0.4 is 5.32 Å². The van der Waals surface area contributed by atoms with E-state index in [1.165, 1.54) is 16.7 Å². The highest BCUT2D eigenvalue weighted by molar-refractivity contribution is 5.26. The molecule has 0 heterocycles. The molecule has 0 atom stereocenters. The van der Waals surface area contributed by atoms with E-state index in [1.54, 1.807) is 0 Å². The predicted molar refractivity (Wildman–Crippen MR) is 86.9 cm³/mol. The van der Waals surface area contributed by atoms with Gasteiger partial charge in [0, 0.05) is 0 Å². The first-order valence-electron chi connectivity index (χ1n) is 7.59. The second-order valence-corrected chi connectivity index (χ2v) is 5.88. The van der Waals surface area contributed by atoms with Gasteiger partial charge < -0.3 is 10.1 Å². The third-order valence-electron chi connectivity index (χ3n) is 3.17. The van der Waals surface area contributed by atoms with Gasteiger partial charge in [0.25, 0.3) is 0 Å². The summed E-state index contributed by atoms with van der Waals surface area (Å²) >= 11 is 0. The Morgan fingerprint density at radius 3 is 2.60 bits per heavy atom. The summed E-state index contributed by atoms with van der Waals surface area (Å²) in [5.41, 5.74) is 3.87. The van der Waals surface area contributed by atoms with E-state index in [0.717, 1.165) is 32.5 Å². The van der Waals surface area contributed by atoms with Crippen LogP contribution in [0.3, 0.4) is 0 Å². The fraction of sp³-hybridized carbons (Fsp3) is 0.556. The standard InChI is InChI=1S/C18H29NO/c1-15(2)10-12-20-14-18-8-6-5-7-17(18)9-11-19-13-16(3)4/h5-8,16,19H,1,9-14H2,2-4H3. The number of rotatable bonds is 10. The highest BCUT2D eigenvalue weighted by Crippen LogP contribution is 2.11. The van der Waals surface area contributed by atoms with Crippen molar-refractivity contribution in [2.45, 2.75) is 40.2 Å². The molecule has 0 amide bonds. The summed E-state index contributed by atoms with van der Waals surface area (Å²) in [6, 6.07) is 8.56. The van der Waals surface area contributed by atoms with Crippen LogP contribution in [-0.4, -0.2) is 19.7 Å². The van der Waals surface area contributed by atoms with Gasteiger partial charge in [0.1, 0.15) is 0 Å². The van der Waals surface area contributed by atoms with Gasteiger partial charge in [-0.3, -0.25) is 0 Å². The number of nitrogens with one attached hydrogen (secondary N) is 1. The van der Waals surface area contributed by atoms with Crippen molar-refractivity contribution in [1.29, 1.82) is 0 Å². The fourth-order valence-electron chi connectivity index (χ4n) is 1.98. The Hall–Kier alpha value is -1.12. The topological polar surface area (TPSA) is 21.3 Å². The lowest BCUT2D eigenvalue weighted by Gasteiger charge is -2.12. The average molecular weight is 275 g/mol. The molecule has 0 spiro atoms. The zero-order valence-electron chi connectivity index (χ0n) is 13.2. The average Bonchev–Trinajstić information content (AvgIpc) is 2.40. The monoisotopic (exact) mass is 275 g/mol. The Morgan fingerprint density at radius 1 is 1.25 bits per heavy atom. The van der Waals surface area contributed by atoms with Crippen LogP contribution in [0.25, 0.3) is 0 Å². The summed E-state index contributed by atoms with van der Waals surface area (Å²) < 4.78 is 5.73. The fourth-order valence-corrected chi connectivity index (χ4v) is 1.98. The van der Waals surface area contributed by atoms with Crippen molar-refractivity contribution < 1.29 is 4.74 Å². The second kappa shape index (κ2) is 9.73. The summed E-state index contributed by atoms with van der Waals surface area (Å²) in [7, 11) is 0. The minimum atomic E-state index is 0.702. The Morgan fingerprint density at radius 2 is 1.95 bits per heavy atom. The highest BCUT2D eigenvalue weighted by Gasteiger charge is 2.02. The molecule has 0 fully saturated rings. The molecule has 20 heavy (non-hydrogen) atoms. The highest BCUT2D eigenvalue weighted by atomic mass is 16.5. The molecule has 1 rings (SSSR count). The molecule has 2 nitrogen and oxygen atoms in total. The quantitative estimate of drug-likeness (QED) is 0.515. The van der Waals surface area contributed by atoms with Crippen LogP contribution >= 0.6 is 0 Å². The summed E-state index contributed by atoms with van der Waals surface area (Å²) in [4.78, 5) is 0. The number of ether oxygens (including phenoxy) is 1. The maximum absolute atomic E-state index is 5.73. The van der Waals surface area contributed by atoms with E-state index in [9.17, 15) is 0 Å². The van der Waals surface area contributed by atoms with Crippen LogP contribution in [0.1, 0.15) is 38.3 Å². The Bertz CT molecular complexity index is 398. The molecule has 112 valence electrons. The molecule has 1 aromatic carbocycles. The minimum Gasteiger partial charge on any atom is -0.376 e. The van der Waals surface area contributed by atoms with Gasteiger partial charge in [0.05, 0.1) is 13.2 Å². The van der Waals surface area contributed by atoms with Crippen molar-refractivity contribution in [2.24, 2.45) is 5.92 Å². The maximum Gasteiger partial charge on any atom is 0.0719 e. The van der Waals surface area contributed by atoms with Gasteiger partial charge >= 0.3 is 0 Å². The first-order chi connectivity index (χ1) is 9.59. The molecule has 0 aliphatic rings. The lowest BCUT2D eigenvalue weighted by atomic mass is 10.1. The van der Waals surface area contributed by atoms with Crippen molar-refractivity contribution in [2.75, 3.05) is 19.7 Å². The summed E-state index contributed by atoms with van der Waals surface area (Å²) in [5, 5.41) is 3.49. The Labute approximate surface area is 124 Å². The lowest BCUT2D eigenvalue weighted by molar-refractivity contribution is 0.123. The molecular weight excluding hydrogens is 246 g/mol. The van der Waals surface area contributed by atoms with Gasteiger partial charge in [-0.15, -0.1) is 6.58 Å². The van der Waals surface area contributed by atoms with Gasteiger partial charge in [0.2, 0.25) is 0 Å². The van der Waals surface area contributed by atoms with Gasteiger partial charge in [-0.25, -0.2) is 0 Å². The van der Waals surface area contributed by atoms with Crippen molar-refractivity contribution in [3.63, 3.8) is 0 Å². The molecule has 0 aromatic heterocycles. The van der Waals surface area contributed by atoms with E-state index >= 15 is 0 Å². The number of benzene rings is 1. The van der Waals surface area contributed by atoms with E-state index in [2.05, 4.69) is 50.0 Å². The maximum atomic E-state index is 5.73. The van der Waals surface area contributed by atoms with Crippen LogP contribution in [0.15, 0.2) is 36.4 Å². The molecule has 0 saturated carbocycles. The SMILES string of the molecule is C=C(C)CCOCc1ccccc1CCNCC(C)C. The van der Waals surface area contributed by atoms with Crippen LogP contribution in [0.5, 0.6) is 0 Å². The smallest absolute Gasteiger partial charge is 0.0719 e. The third kappa shape index (κ3) is 7.46. The second-order valence-electron chi connectivity index (χ2n) is 5.88. The molecule has 1 aromatic rings. The predicted octanol–water partition coefficient (Wildman–Crippen LogP) is 3.96. The zero-order valence-corrected chi connectivity index (χ0v) is 13.2. The van der Waals surface area contributed by atoms with E-state index in [4.69, 9.17) is 4.74 Å². The molecular formula is C18H29NO. The number of hydrogen-bond acceptors (Lipinski definition) is 2. The van der Waals surface area contributed by atoms with Crippen molar-refractivity contribution in [1.82, 2.24) is 5.32 Å². The molecule has 0 unspecified atom stereocenters. The van der Waals surface area contributed by atoms with Crippen molar-refractivity contribution >= 4 is 0 Å². The molecule has 2 heteroatoms. The number of hydrogen-bond donors (Lipinski definition) is 1. The molecule has 0 aliphatic heterocycles. The normalized spacial score (nSPS) is 11.0. The molecule has 0 radical (unpaired) electrons. The summed E-state index contributed by atoms with van der Waals surface area (Å²) in [5.74, 6) is 0.704. The van der Waals surface area contributed by atoms with E-state index < -0.39 is 0 Å². The molecule has 0 saturated heterocycles. The molecule has 0 bridgehead atoms. The lowest BCUT2D eigenvalue weighted by Crippen LogP contribution is -2.22. The Balaban J connectivity index is 2.36. The van der Waals surface area contributed by atoms with Crippen LogP contribution in [0.4, 0.5) is 0 Å². The zero-order chi connectivity index (χ0) is 14.8. The third-order valence-corrected chi connectivity index (χ3v) is 3.17. The molecule has 1 N–H and O–H groups in total. The van der Waals surface area contributed by atoms with Gasteiger partial charge in [-0.2, -0.15) is 0 Å². The van der Waals surface area contributed by atoms with E-state index in [1.807, 2.05) is 6.92 Å².